The van der Waals surface area contributed by atoms with Gasteiger partial charge in [-0.2, -0.15) is 0 Å². The number of fused-ring (bicyclic) bond motifs is 1. The van der Waals surface area contributed by atoms with Crippen LogP contribution in [-0.2, 0) is 13.1 Å². The molecule has 0 spiro atoms. The molecule has 2 aromatic rings. The first-order valence-corrected chi connectivity index (χ1v) is 5.57. The number of hydrogen-bond acceptors (Lipinski definition) is 3. The van der Waals surface area contributed by atoms with Crippen molar-refractivity contribution >= 4 is 5.95 Å². The zero-order valence-electron chi connectivity index (χ0n) is 9.03. The maximum atomic E-state index is 5.82. The number of imidazole rings is 1. The lowest BCUT2D eigenvalue weighted by Crippen LogP contribution is -2.19. The van der Waals surface area contributed by atoms with Gasteiger partial charge in [-0.3, -0.25) is 0 Å². The van der Waals surface area contributed by atoms with E-state index in [0.29, 0.717) is 6.54 Å². The summed E-state index contributed by atoms with van der Waals surface area (Å²) in [5.74, 6) is 0.941. The Kier molecular flexibility index (Phi) is 2.18. The van der Waals surface area contributed by atoms with Crippen molar-refractivity contribution in [2.45, 2.75) is 19.5 Å². The fourth-order valence-corrected chi connectivity index (χ4v) is 2.20. The lowest BCUT2D eigenvalue weighted by Gasteiger charge is -2.17. The summed E-state index contributed by atoms with van der Waals surface area (Å²) in [5, 5.41) is 3.30. The normalized spacial score (nSPS) is 14.6. The van der Waals surface area contributed by atoms with Crippen LogP contribution >= 0.6 is 0 Å². The van der Waals surface area contributed by atoms with Crippen LogP contribution in [0.5, 0.6) is 0 Å². The van der Waals surface area contributed by atoms with Gasteiger partial charge >= 0.3 is 0 Å². The van der Waals surface area contributed by atoms with E-state index in [1.165, 1.54) is 0 Å². The highest BCUT2D eigenvalue weighted by molar-refractivity contribution is 5.61. The maximum absolute atomic E-state index is 5.82. The summed E-state index contributed by atoms with van der Waals surface area (Å²) >= 11 is 0. The van der Waals surface area contributed by atoms with Crippen molar-refractivity contribution in [1.29, 1.82) is 0 Å². The van der Waals surface area contributed by atoms with Crippen LogP contribution in [-0.4, -0.2) is 21.1 Å². The number of aromatic amines is 1. The minimum Gasteiger partial charge on any atom is -0.360 e. The standard InChI is InChI=1S/C11H15N5/c12-7-9-10(8-3-1-4-13-8)15-11-14-5-2-6-16(9)11/h1,3-4,13H,2,5-7,12H2,(H,14,15). The molecule has 2 aromatic heterocycles. The number of anilines is 1. The quantitative estimate of drug-likeness (QED) is 0.706. The van der Waals surface area contributed by atoms with Crippen LogP contribution < -0.4 is 11.1 Å². The van der Waals surface area contributed by atoms with Crippen molar-refractivity contribution in [1.82, 2.24) is 14.5 Å². The smallest absolute Gasteiger partial charge is 0.203 e. The minimum absolute atomic E-state index is 0.517. The predicted octanol–water partition coefficient (Wildman–Crippen LogP) is 1.15. The number of nitrogens with zero attached hydrogens (tertiary/aromatic N) is 2. The van der Waals surface area contributed by atoms with E-state index in [0.717, 1.165) is 42.5 Å². The molecule has 84 valence electrons. The van der Waals surface area contributed by atoms with E-state index in [1.54, 1.807) is 0 Å². The summed E-state index contributed by atoms with van der Waals surface area (Å²) in [6, 6.07) is 3.99. The van der Waals surface area contributed by atoms with Gasteiger partial charge in [0.25, 0.3) is 0 Å². The summed E-state index contributed by atoms with van der Waals surface area (Å²) in [6.45, 7) is 2.51. The van der Waals surface area contributed by atoms with Crippen LogP contribution in [0.3, 0.4) is 0 Å². The summed E-state index contributed by atoms with van der Waals surface area (Å²) in [6.07, 6.45) is 3.03. The predicted molar refractivity (Wildman–Crippen MR) is 63.0 cm³/mol. The monoisotopic (exact) mass is 217 g/mol. The molecule has 0 bridgehead atoms. The van der Waals surface area contributed by atoms with Crippen LogP contribution in [0, 0.1) is 0 Å². The summed E-state index contributed by atoms with van der Waals surface area (Å²) in [7, 11) is 0. The van der Waals surface area contributed by atoms with Crippen LogP contribution in [0.25, 0.3) is 11.4 Å². The number of nitrogens with one attached hydrogen (secondary N) is 2. The van der Waals surface area contributed by atoms with Gasteiger partial charge in [-0.05, 0) is 18.6 Å². The molecule has 0 fully saturated rings. The van der Waals surface area contributed by atoms with Gasteiger partial charge in [0.05, 0.1) is 11.4 Å². The Labute approximate surface area is 93.7 Å². The largest absolute Gasteiger partial charge is 0.360 e. The third-order valence-corrected chi connectivity index (χ3v) is 2.96. The van der Waals surface area contributed by atoms with Gasteiger partial charge in [-0.1, -0.05) is 0 Å². The van der Waals surface area contributed by atoms with E-state index in [4.69, 9.17) is 5.73 Å². The van der Waals surface area contributed by atoms with E-state index < -0.39 is 0 Å². The Bertz CT molecular complexity index is 483. The maximum Gasteiger partial charge on any atom is 0.203 e. The summed E-state index contributed by atoms with van der Waals surface area (Å²) in [4.78, 5) is 7.78. The third kappa shape index (κ3) is 1.32. The zero-order valence-corrected chi connectivity index (χ0v) is 9.03. The van der Waals surface area contributed by atoms with Gasteiger partial charge in [0.1, 0.15) is 5.69 Å². The Hall–Kier alpha value is -1.75. The first-order chi connectivity index (χ1) is 7.90. The van der Waals surface area contributed by atoms with Crippen molar-refractivity contribution in [3.8, 4) is 11.4 Å². The molecular formula is C11H15N5. The molecule has 1 aliphatic rings. The Balaban J connectivity index is 2.14. The molecule has 3 rings (SSSR count). The molecule has 3 heterocycles. The van der Waals surface area contributed by atoms with Crippen molar-refractivity contribution in [2.24, 2.45) is 5.73 Å². The first kappa shape index (κ1) is 9.47. The highest BCUT2D eigenvalue weighted by Crippen LogP contribution is 2.26. The van der Waals surface area contributed by atoms with E-state index in [9.17, 15) is 0 Å². The van der Waals surface area contributed by atoms with Crippen LogP contribution in [0.4, 0.5) is 5.95 Å². The molecule has 0 radical (unpaired) electrons. The SMILES string of the molecule is NCc1c(-c2ccc[nH]2)nc2n1CCCN2. The van der Waals surface area contributed by atoms with Gasteiger partial charge in [0, 0.05) is 25.8 Å². The fourth-order valence-electron chi connectivity index (χ4n) is 2.20. The van der Waals surface area contributed by atoms with E-state index in [1.807, 2.05) is 18.3 Å². The van der Waals surface area contributed by atoms with Crippen LogP contribution in [0.1, 0.15) is 12.1 Å². The second-order valence-corrected chi connectivity index (χ2v) is 3.95. The summed E-state index contributed by atoms with van der Waals surface area (Å²) < 4.78 is 2.18. The van der Waals surface area contributed by atoms with Gasteiger partial charge in [0.15, 0.2) is 0 Å². The van der Waals surface area contributed by atoms with Gasteiger partial charge in [-0.25, -0.2) is 4.98 Å². The molecule has 0 saturated heterocycles. The molecule has 5 nitrogen and oxygen atoms in total. The van der Waals surface area contributed by atoms with Gasteiger partial charge < -0.3 is 20.6 Å². The molecule has 16 heavy (non-hydrogen) atoms. The molecule has 5 heteroatoms. The lowest BCUT2D eigenvalue weighted by atomic mass is 10.2. The first-order valence-electron chi connectivity index (χ1n) is 5.57. The fraction of sp³-hybridized carbons (Fsp3) is 0.364. The van der Waals surface area contributed by atoms with Crippen LogP contribution in [0.15, 0.2) is 18.3 Å². The van der Waals surface area contributed by atoms with Crippen molar-refractivity contribution < 1.29 is 0 Å². The van der Waals surface area contributed by atoms with Gasteiger partial charge in [0.2, 0.25) is 5.95 Å². The summed E-state index contributed by atoms with van der Waals surface area (Å²) in [5.41, 5.74) is 8.93. The van der Waals surface area contributed by atoms with E-state index >= 15 is 0 Å². The van der Waals surface area contributed by atoms with Gasteiger partial charge in [-0.15, -0.1) is 0 Å². The van der Waals surface area contributed by atoms with E-state index in [-0.39, 0.29) is 0 Å². The second-order valence-electron chi connectivity index (χ2n) is 3.95. The highest BCUT2D eigenvalue weighted by Gasteiger charge is 2.19. The lowest BCUT2D eigenvalue weighted by molar-refractivity contribution is 0.604. The zero-order chi connectivity index (χ0) is 11.0. The van der Waals surface area contributed by atoms with Crippen LogP contribution in [0.2, 0.25) is 0 Å². The average molecular weight is 217 g/mol. The molecule has 0 atom stereocenters. The number of H-pyrrole nitrogens is 1. The van der Waals surface area contributed by atoms with Crippen molar-refractivity contribution in [2.75, 3.05) is 11.9 Å². The molecule has 0 aliphatic carbocycles. The molecule has 1 aliphatic heterocycles. The molecule has 0 aromatic carbocycles. The van der Waals surface area contributed by atoms with E-state index in [2.05, 4.69) is 19.9 Å². The Morgan fingerprint density at radius 3 is 3.19 bits per heavy atom. The van der Waals surface area contributed by atoms with Crippen molar-refractivity contribution in [3.05, 3.63) is 24.0 Å². The topological polar surface area (TPSA) is 71.7 Å². The minimum atomic E-state index is 0.517. The molecule has 0 unspecified atom stereocenters. The van der Waals surface area contributed by atoms with Crippen molar-refractivity contribution in [3.63, 3.8) is 0 Å². The molecular weight excluding hydrogens is 202 g/mol. The Morgan fingerprint density at radius 1 is 1.50 bits per heavy atom. The molecule has 0 amide bonds. The number of aromatic nitrogens is 3. The number of hydrogen-bond donors (Lipinski definition) is 3. The molecule has 0 saturated carbocycles. The molecule has 4 N–H and O–H groups in total. The number of nitrogens with two attached hydrogens (primary N) is 1. The Morgan fingerprint density at radius 2 is 2.44 bits per heavy atom. The average Bonchev–Trinajstić information content (AvgIpc) is 2.95. The number of rotatable bonds is 2. The third-order valence-electron chi connectivity index (χ3n) is 2.96. The highest BCUT2D eigenvalue weighted by atomic mass is 15.2. The second kappa shape index (κ2) is 3.68.